The molecule has 0 spiro atoms. The van der Waals surface area contributed by atoms with Gasteiger partial charge in [-0.3, -0.25) is 9.59 Å². The Morgan fingerprint density at radius 1 is 1.00 bits per heavy atom. The number of hydrogen-bond donors (Lipinski definition) is 0. The third-order valence-electron chi connectivity index (χ3n) is 5.68. The molecule has 0 bridgehead atoms. The molecule has 0 radical (unpaired) electrons. The lowest BCUT2D eigenvalue weighted by Crippen LogP contribution is -2.44. The van der Waals surface area contributed by atoms with E-state index in [2.05, 4.69) is 9.88 Å². The van der Waals surface area contributed by atoms with E-state index in [1.54, 1.807) is 17.9 Å². The van der Waals surface area contributed by atoms with Gasteiger partial charge in [-0.1, -0.05) is 12.8 Å². The molecule has 3 rings (SSSR count). The number of carbonyl (C=O) groups is 3. The summed E-state index contributed by atoms with van der Waals surface area (Å²) in [5, 5.41) is 0. The lowest BCUT2D eigenvalue weighted by Gasteiger charge is -2.28. The fraction of sp³-hybridized carbons (Fsp3) is 0.636. The lowest BCUT2D eigenvalue weighted by molar-refractivity contribution is -0.140. The Balaban J connectivity index is 1.54. The second kappa shape index (κ2) is 10.9. The largest absolute Gasteiger partial charge is 0.462 e. The van der Waals surface area contributed by atoms with Crippen molar-refractivity contribution in [3.8, 4) is 0 Å². The first-order chi connectivity index (χ1) is 14.6. The van der Waals surface area contributed by atoms with Gasteiger partial charge in [0.25, 0.3) is 0 Å². The van der Waals surface area contributed by atoms with Crippen LogP contribution >= 0.6 is 0 Å². The summed E-state index contributed by atoms with van der Waals surface area (Å²) in [4.78, 5) is 47.1. The molecular weight excluding hydrogens is 384 g/mol. The van der Waals surface area contributed by atoms with Crippen molar-refractivity contribution in [2.24, 2.45) is 0 Å². The van der Waals surface area contributed by atoms with Crippen LogP contribution in [0.5, 0.6) is 0 Å². The molecule has 0 N–H and O–H groups in total. The highest BCUT2D eigenvalue weighted by Crippen LogP contribution is 2.16. The number of esters is 1. The maximum atomic E-state index is 12.8. The predicted molar refractivity (Wildman–Crippen MR) is 113 cm³/mol. The van der Waals surface area contributed by atoms with Crippen molar-refractivity contribution in [1.82, 2.24) is 14.8 Å². The Morgan fingerprint density at radius 2 is 1.83 bits per heavy atom. The van der Waals surface area contributed by atoms with Crippen LogP contribution in [0.15, 0.2) is 18.3 Å². The molecule has 3 heterocycles. The summed E-state index contributed by atoms with van der Waals surface area (Å²) >= 11 is 0. The zero-order valence-corrected chi connectivity index (χ0v) is 17.8. The highest BCUT2D eigenvalue weighted by Gasteiger charge is 2.24. The van der Waals surface area contributed by atoms with Crippen molar-refractivity contribution in [3.05, 3.63) is 23.9 Å². The van der Waals surface area contributed by atoms with E-state index in [4.69, 9.17) is 4.74 Å². The molecule has 30 heavy (non-hydrogen) atoms. The first-order valence-corrected chi connectivity index (χ1v) is 11.0. The molecule has 0 saturated carbocycles. The number of rotatable bonds is 5. The second-order valence-electron chi connectivity index (χ2n) is 7.83. The molecule has 0 aromatic carbocycles. The van der Waals surface area contributed by atoms with Gasteiger partial charge in [-0.25, -0.2) is 9.78 Å². The molecular formula is C22H32N4O4. The van der Waals surface area contributed by atoms with E-state index >= 15 is 0 Å². The molecule has 0 unspecified atom stereocenters. The topological polar surface area (TPSA) is 83.0 Å². The zero-order chi connectivity index (χ0) is 21.3. The van der Waals surface area contributed by atoms with E-state index in [1.807, 2.05) is 11.0 Å². The van der Waals surface area contributed by atoms with E-state index in [-0.39, 0.29) is 24.3 Å². The third kappa shape index (κ3) is 5.93. The highest BCUT2D eigenvalue weighted by molar-refractivity contribution is 5.89. The zero-order valence-electron chi connectivity index (χ0n) is 17.8. The molecule has 0 aliphatic carbocycles. The maximum absolute atomic E-state index is 12.8. The number of likely N-dealkylation sites (tertiary alicyclic amines) is 1. The van der Waals surface area contributed by atoms with E-state index in [0.29, 0.717) is 44.8 Å². The normalized spacial score (nSPS) is 18.4. The van der Waals surface area contributed by atoms with Gasteiger partial charge in [-0.05, 0) is 38.3 Å². The van der Waals surface area contributed by atoms with E-state index in [1.165, 1.54) is 6.20 Å². The quantitative estimate of drug-likeness (QED) is 0.684. The molecule has 2 fully saturated rings. The summed E-state index contributed by atoms with van der Waals surface area (Å²) in [7, 11) is 0. The maximum Gasteiger partial charge on any atom is 0.339 e. The minimum atomic E-state index is -0.372. The number of hydrogen-bond acceptors (Lipinski definition) is 6. The number of ether oxygens (including phenoxy) is 1. The minimum absolute atomic E-state index is 0.0244. The molecule has 164 valence electrons. The van der Waals surface area contributed by atoms with Crippen LogP contribution in [-0.4, -0.2) is 78.4 Å². The Morgan fingerprint density at radius 3 is 2.60 bits per heavy atom. The second-order valence-corrected chi connectivity index (χ2v) is 7.83. The van der Waals surface area contributed by atoms with E-state index in [9.17, 15) is 14.4 Å². The van der Waals surface area contributed by atoms with Gasteiger partial charge in [0.15, 0.2) is 0 Å². The molecule has 2 amide bonds. The van der Waals surface area contributed by atoms with E-state index in [0.717, 1.165) is 44.5 Å². The minimum Gasteiger partial charge on any atom is -0.462 e. The molecule has 1 aromatic rings. The average Bonchev–Trinajstić information content (AvgIpc) is 3.00. The van der Waals surface area contributed by atoms with Gasteiger partial charge < -0.3 is 19.4 Å². The number of amides is 2. The van der Waals surface area contributed by atoms with Crippen LogP contribution in [0.2, 0.25) is 0 Å². The van der Waals surface area contributed by atoms with Gasteiger partial charge in [0, 0.05) is 45.3 Å². The van der Waals surface area contributed by atoms with Crippen molar-refractivity contribution in [3.63, 3.8) is 0 Å². The van der Waals surface area contributed by atoms with Crippen LogP contribution < -0.4 is 4.90 Å². The van der Waals surface area contributed by atoms with Gasteiger partial charge in [0.2, 0.25) is 11.8 Å². The first kappa shape index (κ1) is 22.1. The van der Waals surface area contributed by atoms with Crippen LogP contribution in [-0.2, 0) is 14.3 Å². The number of nitrogens with zero attached hydrogens (tertiary/aromatic N) is 4. The standard InChI is InChI=1S/C22H32N4O4/c1-2-30-22(29)18-9-10-19(23-16-18)24-12-7-13-25(15-14-24)21(28)17-26-11-6-4-3-5-8-20(26)27/h9-10,16H,2-8,11-15,17H2,1H3. The van der Waals surface area contributed by atoms with Gasteiger partial charge in [0.1, 0.15) is 5.82 Å². The fourth-order valence-electron chi connectivity index (χ4n) is 3.95. The van der Waals surface area contributed by atoms with Crippen LogP contribution in [0.3, 0.4) is 0 Å². The molecule has 8 nitrogen and oxygen atoms in total. The summed E-state index contributed by atoms with van der Waals surface area (Å²) < 4.78 is 4.99. The number of aromatic nitrogens is 1. The van der Waals surface area contributed by atoms with Crippen LogP contribution in [0.25, 0.3) is 0 Å². The highest BCUT2D eigenvalue weighted by atomic mass is 16.5. The van der Waals surface area contributed by atoms with Crippen molar-refractivity contribution in [1.29, 1.82) is 0 Å². The predicted octanol–water partition coefficient (Wildman–Crippen LogP) is 2.09. The van der Waals surface area contributed by atoms with Gasteiger partial charge >= 0.3 is 5.97 Å². The summed E-state index contributed by atoms with van der Waals surface area (Å²) in [6, 6.07) is 3.55. The molecule has 2 aliphatic heterocycles. The summed E-state index contributed by atoms with van der Waals surface area (Å²) in [5.41, 5.74) is 0.435. The van der Waals surface area contributed by atoms with Crippen molar-refractivity contribution >= 4 is 23.6 Å². The summed E-state index contributed by atoms with van der Waals surface area (Å²) in [6.07, 6.45) is 7.04. The van der Waals surface area contributed by atoms with Crippen molar-refractivity contribution in [2.75, 3.05) is 50.8 Å². The Bertz CT molecular complexity index is 737. The Labute approximate surface area is 178 Å². The van der Waals surface area contributed by atoms with Crippen molar-refractivity contribution < 1.29 is 19.1 Å². The van der Waals surface area contributed by atoms with Gasteiger partial charge in [-0.2, -0.15) is 0 Å². The summed E-state index contributed by atoms with van der Waals surface area (Å²) in [6.45, 7) is 5.71. The van der Waals surface area contributed by atoms with Gasteiger partial charge in [0.05, 0.1) is 18.7 Å². The fourth-order valence-corrected chi connectivity index (χ4v) is 3.95. The number of carbonyl (C=O) groups excluding carboxylic acids is 3. The molecule has 0 atom stereocenters. The van der Waals surface area contributed by atoms with Crippen LogP contribution in [0, 0.1) is 0 Å². The number of pyridine rings is 1. The summed E-state index contributed by atoms with van der Waals surface area (Å²) in [5.74, 6) is 0.543. The third-order valence-corrected chi connectivity index (χ3v) is 5.68. The van der Waals surface area contributed by atoms with Crippen molar-refractivity contribution in [2.45, 2.75) is 45.4 Å². The van der Waals surface area contributed by atoms with Crippen LogP contribution in [0.1, 0.15) is 55.8 Å². The molecule has 2 saturated heterocycles. The average molecular weight is 417 g/mol. The Kier molecular flexibility index (Phi) is 8.04. The van der Waals surface area contributed by atoms with E-state index < -0.39 is 0 Å². The number of anilines is 1. The monoisotopic (exact) mass is 416 g/mol. The molecule has 2 aliphatic rings. The SMILES string of the molecule is CCOC(=O)c1ccc(N2CCCN(C(=O)CN3CCCCCCC3=O)CC2)nc1. The van der Waals surface area contributed by atoms with Crippen LogP contribution in [0.4, 0.5) is 5.82 Å². The molecule has 1 aromatic heterocycles. The Hall–Kier alpha value is -2.64. The lowest BCUT2D eigenvalue weighted by atomic mass is 10.1. The molecule has 8 heteroatoms. The first-order valence-electron chi connectivity index (χ1n) is 11.0. The smallest absolute Gasteiger partial charge is 0.339 e. The van der Waals surface area contributed by atoms with Gasteiger partial charge in [-0.15, -0.1) is 0 Å².